The minimum Gasteiger partial charge on any atom is -0.497 e. The van der Waals surface area contributed by atoms with Gasteiger partial charge in [0.05, 0.1) is 33.1 Å². The summed E-state index contributed by atoms with van der Waals surface area (Å²) >= 11 is 3.60. The summed E-state index contributed by atoms with van der Waals surface area (Å²) in [5.41, 5.74) is 4.15. The normalized spacial score (nSPS) is 18.9. The van der Waals surface area contributed by atoms with Crippen molar-refractivity contribution >= 4 is 21.6 Å². The van der Waals surface area contributed by atoms with E-state index < -0.39 is 0 Å². The maximum Gasteiger partial charge on any atom is 0.214 e. The van der Waals surface area contributed by atoms with Crippen molar-refractivity contribution in [3.05, 3.63) is 81.8 Å². The first-order valence-corrected chi connectivity index (χ1v) is 11.1. The highest BCUT2D eigenvalue weighted by atomic mass is 79.9. The number of rotatable bonds is 5. The minimum atomic E-state index is -0.385. The summed E-state index contributed by atoms with van der Waals surface area (Å²) < 4.78 is 23.7. The molecule has 0 amide bonds. The Kier molecular flexibility index (Phi) is 5.43. The molecule has 0 aromatic heterocycles. The lowest BCUT2D eigenvalue weighted by Crippen LogP contribution is -2.33. The summed E-state index contributed by atoms with van der Waals surface area (Å²) in [5.74, 6) is 3.02. The third-order valence-corrected chi connectivity index (χ3v) is 6.36. The molecule has 164 valence electrons. The monoisotopic (exact) mass is 494 g/mol. The summed E-state index contributed by atoms with van der Waals surface area (Å²) in [7, 11) is 4.93. The maximum atomic E-state index is 6.46. The number of nitrogens with zero attached hydrogens (tertiary/aromatic N) is 2. The van der Waals surface area contributed by atoms with Crippen LogP contribution in [0.25, 0.3) is 0 Å². The molecule has 3 aromatic carbocycles. The van der Waals surface area contributed by atoms with Gasteiger partial charge in [-0.15, -0.1) is 0 Å². The Balaban J connectivity index is 1.58. The van der Waals surface area contributed by atoms with Crippen molar-refractivity contribution in [2.75, 3.05) is 21.3 Å². The molecule has 0 fully saturated rings. The molecule has 5 rings (SSSR count). The van der Waals surface area contributed by atoms with Gasteiger partial charge in [0.1, 0.15) is 11.5 Å². The maximum absolute atomic E-state index is 6.46. The molecule has 0 saturated heterocycles. The molecule has 0 spiro atoms. The lowest BCUT2D eigenvalue weighted by molar-refractivity contribution is -0.0192. The smallest absolute Gasteiger partial charge is 0.214 e. The SMILES string of the molecule is COc1ccc(C2=NN3[C@H](C2)c2cc(Br)ccc2O[C@H]3c2ccc(OC)c(OC)c2)cc1. The molecular weight excluding hydrogens is 472 g/mol. The second-order valence-corrected chi connectivity index (χ2v) is 8.56. The van der Waals surface area contributed by atoms with Gasteiger partial charge in [-0.05, 0) is 66.2 Å². The van der Waals surface area contributed by atoms with Crippen LogP contribution in [0.2, 0.25) is 0 Å². The van der Waals surface area contributed by atoms with Crippen LogP contribution in [0, 0.1) is 0 Å². The third-order valence-electron chi connectivity index (χ3n) is 5.87. The first-order valence-electron chi connectivity index (χ1n) is 10.3. The molecule has 2 aliphatic heterocycles. The fourth-order valence-electron chi connectivity index (χ4n) is 4.24. The van der Waals surface area contributed by atoms with Crippen molar-refractivity contribution in [3.8, 4) is 23.0 Å². The number of hydrogen-bond acceptors (Lipinski definition) is 6. The highest BCUT2D eigenvalue weighted by Crippen LogP contribution is 2.49. The van der Waals surface area contributed by atoms with Crippen LogP contribution < -0.4 is 18.9 Å². The molecule has 6 nitrogen and oxygen atoms in total. The number of benzene rings is 3. The number of halogens is 1. The van der Waals surface area contributed by atoms with Gasteiger partial charge in [-0.2, -0.15) is 5.10 Å². The molecule has 0 bridgehead atoms. The van der Waals surface area contributed by atoms with Gasteiger partial charge in [0, 0.05) is 22.0 Å². The van der Waals surface area contributed by atoms with E-state index in [0.717, 1.165) is 44.8 Å². The first kappa shape index (κ1) is 20.7. The van der Waals surface area contributed by atoms with Crippen molar-refractivity contribution in [2.24, 2.45) is 5.10 Å². The fourth-order valence-corrected chi connectivity index (χ4v) is 4.62. The van der Waals surface area contributed by atoms with Crippen molar-refractivity contribution in [2.45, 2.75) is 18.7 Å². The minimum absolute atomic E-state index is 0.0615. The van der Waals surface area contributed by atoms with Crippen molar-refractivity contribution in [3.63, 3.8) is 0 Å². The Morgan fingerprint density at radius 2 is 1.69 bits per heavy atom. The van der Waals surface area contributed by atoms with Crippen molar-refractivity contribution < 1.29 is 18.9 Å². The second kappa shape index (κ2) is 8.39. The average molecular weight is 495 g/mol. The van der Waals surface area contributed by atoms with Gasteiger partial charge < -0.3 is 18.9 Å². The summed E-state index contributed by atoms with van der Waals surface area (Å²) in [6.07, 6.45) is 0.396. The van der Waals surface area contributed by atoms with E-state index in [1.165, 1.54) is 0 Å². The number of hydrazone groups is 1. The van der Waals surface area contributed by atoms with E-state index in [9.17, 15) is 0 Å². The molecule has 32 heavy (non-hydrogen) atoms. The molecule has 2 atom stereocenters. The zero-order valence-electron chi connectivity index (χ0n) is 18.0. The Labute approximate surface area is 195 Å². The predicted molar refractivity (Wildman–Crippen MR) is 126 cm³/mol. The van der Waals surface area contributed by atoms with Crippen LogP contribution in [-0.4, -0.2) is 32.0 Å². The average Bonchev–Trinajstić information content (AvgIpc) is 3.29. The lowest BCUT2D eigenvalue weighted by Gasteiger charge is -2.38. The largest absolute Gasteiger partial charge is 0.497 e. The van der Waals surface area contributed by atoms with Gasteiger partial charge in [-0.3, -0.25) is 0 Å². The molecule has 2 heterocycles. The van der Waals surface area contributed by atoms with Gasteiger partial charge in [0.25, 0.3) is 0 Å². The Hall–Kier alpha value is -3.19. The van der Waals surface area contributed by atoms with Crippen LogP contribution in [-0.2, 0) is 0 Å². The van der Waals surface area contributed by atoms with Gasteiger partial charge in [-0.1, -0.05) is 15.9 Å². The molecule has 2 aliphatic rings. The number of ether oxygens (including phenoxy) is 4. The van der Waals surface area contributed by atoms with E-state index >= 15 is 0 Å². The molecule has 7 heteroatoms. The van der Waals surface area contributed by atoms with Gasteiger partial charge in [0.2, 0.25) is 6.23 Å². The Morgan fingerprint density at radius 3 is 2.41 bits per heavy atom. The third kappa shape index (κ3) is 3.56. The summed E-state index contributed by atoms with van der Waals surface area (Å²) in [6.45, 7) is 0. The van der Waals surface area contributed by atoms with E-state index in [4.69, 9.17) is 24.0 Å². The van der Waals surface area contributed by atoms with Crippen LogP contribution in [0.1, 0.15) is 35.4 Å². The summed E-state index contributed by atoms with van der Waals surface area (Å²) in [4.78, 5) is 0. The summed E-state index contributed by atoms with van der Waals surface area (Å²) in [5, 5.41) is 7.07. The van der Waals surface area contributed by atoms with Gasteiger partial charge in [-0.25, -0.2) is 5.01 Å². The standard InChI is InChI=1S/C25H23BrN2O4/c1-29-18-8-4-15(5-9-18)20-14-21-19-13-17(26)7-11-22(19)32-25(28(21)27-20)16-6-10-23(30-2)24(12-16)31-3/h4-13,21,25H,14H2,1-3H3/t21-,25+/m1/s1. The zero-order chi connectivity index (χ0) is 22.2. The van der Waals surface area contributed by atoms with E-state index in [1.807, 2.05) is 54.6 Å². The van der Waals surface area contributed by atoms with Gasteiger partial charge >= 0.3 is 0 Å². The molecule has 0 N–H and O–H groups in total. The molecule has 0 radical (unpaired) electrons. The van der Waals surface area contributed by atoms with E-state index in [1.54, 1.807) is 21.3 Å². The van der Waals surface area contributed by atoms with Crippen LogP contribution in [0.3, 0.4) is 0 Å². The molecule has 3 aromatic rings. The lowest BCUT2D eigenvalue weighted by atomic mass is 9.96. The molecule has 0 saturated carbocycles. The van der Waals surface area contributed by atoms with Crippen molar-refractivity contribution in [1.82, 2.24) is 5.01 Å². The Bertz CT molecular complexity index is 1180. The van der Waals surface area contributed by atoms with E-state index in [2.05, 4.69) is 27.0 Å². The quantitative estimate of drug-likeness (QED) is 0.454. The molecule has 0 aliphatic carbocycles. The predicted octanol–water partition coefficient (Wildman–Crippen LogP) is 5.72. The fraction of sp³-hybridized carbons (Fsp3) is 0.240. The van der Waals surface area contributed by atoms with E-state index in [0.29, 0.717) is 11.5 Å². The zero-order valence-corrected chi connectivity index (χ0v) is 19.6. The van der Waals surface area contributed by atoms with Crippen LogP contribution >= 0.6 is 15.9 Å². The molecule has 0 unspecified atom stereocenters. The second-order valence-electron chi connectivity index (χ2n) is 7.64. The number of methoxy groups -OCH3 is 3. The van der Waals surface area contributed by atoms with Crippen LogP contribution in [0.4, 0.5) is 0 Å². The summed E-state index contributed by atoms with van der Waals surface area (Å²) in [6, 6.07) is 20.0. The van der Waals surface area contributed by atoms with E-state index in [-0.39, 0.29) is 12.3 Å². The Morgan fingerprint density at radius 1 is 0.906 bits per heavy atom. The first-order chi connectivity index (χ1) is 15.6. The highest BCUT2D eigenvalue weighted by molar-refractivity contribution is 9.10. The molecular formula is C25H23BrN2O4. The van der Waals surface area contributed by atoms with Crippen LogP contribution in [0.5, 0.6) is 23.0 Å². The van der Waals surface area contributed by atoms with Gasteiger partial charge in [0.15, 0.2) is 11.5 Å². The number of fused-ring (bicyclic) bond motifs is 3. The van der Waals surface area contributed by atoms with Crippen LogP contribution in [0.15, 0.2) is 70.2 Å². The topological polar surface area (TPSA) is 52.5 Å². The number of hydrogen-bond donors (Lipinski definition) is 0. The van der Waals surface area contributed by atoms with Crippen molar-refractivity contribution in [1.29, 1.82) is 0 Å². The highest BCUT2D eigenvalue weighted by Gasteiger charge is 2.41.